The molecule has 1 unspecified atom stereocenters. The molecule has 4 rings (SSSR count). The predicted molar refractivity (Wildman–Crippen MR) is 109 cm³/mol. The third-order valence-electron chi connectivity index (χ3n) is 5.47. The first kappa shape index (κ1) is 17.5. The van der Waals surface area contributed by atoms with Gasteiger partial charge in [-0.1, -0.05) is 44.2 Å². The van der Waals surface area contributed by atoms with E-state index in [-0.39, 0.29) is 11.3 Å². The summed E-state index contributed by atoms with van der Waals surface area (Å²) >= 11 is 0. The van der Waals surface area contributed by atoms with E-state index in [0.29, 0.717) is 11.5 Å². The van der Waals surface area contributed by atoms with Crippen LogP contribution in [0.3, 0.4) is 0 Å². The van der Waals surface area contributed by atoms with Gasteiger partial charge in [0, 0.05) is 24.4 Å². The second-order valence-electron chi connectivity index (χ2n) is 7.49. The van der Waals surface area contributed by atoms with Crippen LogP contribution in [0.25, 0.3) is 22.2 Å². The van der Waals surface area contributed by atoms with Crippen LogP contribution >= 0.6 is 0 Å². The molecular weight excluding hydrogens is 336 g/mol. The van der Waals surface area contributed by atoms with Gasteiger partial charge in [0.05, 0.1) is 22.8 Å². The zero-order valence-electron chi connectivity index (χ0n) is 16.2. The zero-order chi connectivity index (χ0) is 19.3. The fourth-order valence-electron chi connectivity index (χ4n) is 4.21. The van der Waals surface area contributed by atoms with Crippen molar-refractivity contribution in [2.24, 2.45) is 0 Å². The highest BCUT2D eigenvalue weighted by Gasteiger charge is 2.34. The number of fused-ring (bicyclic) bond motifs is 4. The molecule has 1 aliphatic carbocycles. The van der Waals surface area contributed by atoms with Crippen molar-refractivity contribution in [3.63, 3.8) is 0 Å². The normalized spacial score (nSPS) is 15.1. The minimum atomic E-state index is -0.397. The molecule has 1 atom stereocenters. The van der Waals surface area contributed by atoms with Crippen LogP contribution in [0.1, 0.15) is 56.3 Å². The highest BCUT2D eigenvalue weighted by Crippen LogP contribution is 2.43. The molecule has 4 nitrogen and oxygen atoms in total. The summed E-state index contributed by atoms with van der Waals surface area (Å²) in [5.74, 6) is 0.210. The predicted octanol–water partition coefficient (Wildman–Crippen LogP) is 4.35. The standard InChI is InChI=1S/C23H24N2O2/c1-5-25-19-11-10-15(13(2)3)12-18(19)23(27)20-21(24-14(4)26)16-8-6-7-9-17(16)22(20)25/h6-13,21H,5H2,1-4H3,(H,24,26). The van der Waals surface area contributed by atoms with Crippen molar-refractivity contribution >= 4 is 16.8 Å². The molecule has 0 bridgehead atoms. The van der Waals surface area contributed by atoms with E-state index in [2.05, 4.69) is 42.8 Å². The van der Waals surface area contributed by atoms with Crippen molar-refractivity contribution < 1.29 is 4.79 Å². The van der Waals surface area contributed by atoms with E-state index < -0.39 is 6.04 Å². The van der Waals surface area contributed by atoms with Gasteiger partial charge in [0.2, 0.25) is 5.91 Å². The van der Waals surface area contributed by atoms with Crippen LogP contribution in [0.4, 0.5) is 0 Å². The lowest BCUT2D eigenvalue weighted by molar-refractivity contribution is -0.119. The summed E-state index contributed by atoms with van der Waals surface area (Å²) in [5.41, 5.74) is 5.74. The zero-order valence-corrected chi connectivity index (χ0v) is 16.2. The summed E-state index contributed by atoms with van der Waals surface area (Å²) in [6, 6.07) is 13.8. The van der Waals surface area contributed by atoms with Gasteiger partial charge in [-0.3, -0.25) is 9.59 Å². The van der Waals surface area contributed by atoms with Crippen LogP contribution in [-0.4, -0.2) is 10.5 Å². The number of hydrogen-bond donors (Lipinski definition) is 1. The van der Waals surface area contributed by atoms with Crippen molar-refractivity contribution in [3.05, 3.63) is 69.4 Å². The van der Waals surface area contributed by atoms with Crippen molar-refractivity contribution in [3.8, 4) is 11.3 Å². The molecule has 0 saturated heterocycles. The van der Waals surface area contributed by atoms with Crippen LogP contribution in [0.2, 0.25) is 0 Å². The number of nitrogens with zero attached hydrogens (tertiary/aromatic N) is 1. The van der Waals surface area contributed by atoms with Crippen LogP contribution in [-0.2, 0) is 11.3 Å². The lowest BCUT2D eigenvalue weighted by atomic mass is 9.98. The van der Waals surface area contributed by atoms with Crippen LogP contribution in [0.5, 0.6) is 0 Å². The number of benzene rings is 2. The summed E-state index contributed by atoms with van der Waals surface area (Å²) in [6.45, 7) is 8.60. The monoisotopic (exact) mass is 360 g/mol. The number of carbonyl (C=O) groups is 1. The highest BCUT2D eigenvalue weighted by atomic mass is 16.1. The Bertz CT molecular complexity index is 1130. The number of pyridine rings is 1. The van der Waals surface area contributed by atoms with Gasteiger partial charge in [-0.15, -0.1) is 0 Å². The summed E-state index contributed by atoms with van der Waals surface area (Å²) in [6.07, 6.45) is 0. The second-order valence-corrected chi connectivity index (χ2v) is 7.49. The first-order chi connectivity index (χ1) is 12.9. The quantitative estimate of drug-likeness (QED) is 0.755. The third kappa shape index (κ3) is 2.59. The van der Waals surface area contributed by atoms with Crippen LogP contribution in [0, 0.1) is 0 Å². The molecule has 2 aromatic carbocycles. The largest absolute Gasteiger partial charge is 0.345 e. The first-order valence-corrected chi connectivity index (χ1v) is 9.50. The molecule has 27 heavy (non-hydrogen) atoms. The molecular formula is C23H24N2O2. The summed E-state index contributed by atoms with van der Waals surface area (Å²) in [7, 11) is 0. The average Bonchev–Trinajstić information content (AvgIpc) is 2.96. The maximum absolute atomic E-state index is 13.6. The van der Waals surface area contributed by atoms with Gasteiger partial charge < -0.3 is 9.88 Å². The van der Waals surface area contributed by atoms with E-state index in [0.717, 1.165) is 39.8 Å². The molecule has 4 heteroatoms. The lowest BCUT2D eigenvalue weighted by Gasteiger charge is -2.19. The molecule has 0 radical (unpaired) electrons. The number of carbonyl (C=O) groups excluding carboxylic acids is 1. The van der Waals surface area contributed by atoms with Crippen LogP contribution < -0.4 is 10.7 Å². The van der Waals surface area contributed by atoms with Gasteiger partial charge in [0.1, 0.15) is 0 Å². The van der Waals surface area contributed by atoms with Gasteiger partial charge in [-0.05, 0) is 36.1 Å². The molecule has 1 heterocycles. The molecule has 1 aliphatic rings. The molecule has 138 valence electrons. The highest BCUT2D eigenvalue weighted by molar-refractivity contribution is 5.89. The molecule has 1 aromatic heterocycles. The van der Waals surface area contributed by atoms with Gasteiger partial charge >= 0.3 is 0 Å². The number of hydrogen-bond acceptors (Lipinski definition) is 2. The van der Waals surface area contributed by atoms with E-state index >= 15 is 0 Å². The van der Waals surface area contributed by atoms with Gasteiger partial charge in [-0.25, -0.2) is 0 Å². The van der Waals surface area contributed by atoms with E-state index in [1.807, 2.05) is 30.3 Å². The summed E-state index contributed by atoms with van der Waals surface area (Å²) in [5, 5.41) is 3.72. The molecule has 0 saturated carbocycles. The second kappa shape index (κ2) is 6.38. The molecule has 0 aliphatic heterocycles. The van der Waals surface area contributed by atoms with E-state index in [1.54, 1.807) is 0 Å². The SMILES string of the molecule is CCn1c2c(c(=O)c3cc(C(C)C)ccc31)C(NC(C)=O)c1ccccc1-2. The Labute approximate surface area is 158 Å². The van der Waals surface area contributed by atoms with Crippen molar-refractivity contribution in [1.29, 1.82) is 0 Å². The van der Waals surface area contributed by atoms with Crippen molar-refractivity contribution in [1.82, 2.24) is 9.88 Å². The van der Waals surface area contributed by atoms with Gasteiger partial charge in [0.25, 0.3) is 0 Å². The first-order valence-electron chi connectivity index (χ1n) is 9.50. The molecule has 1 amide bonds. The van der Waals surface area contributed by atoms with Crippen LogP contribution in [0.15, 0.2) is 47.3 Å². The smallest absolute Gasteiger partial charge is 0.217 e. The fourth-order valence-corrected chi connectivity index (χ4v) is 4.21. The minimum absolute atomic E-state index is 0.0159. The van der Waals surface area contributed by atoms with E-state index in [9.17, 15) is 9.59 Å². The summed E-state index contributed by atoms with van der Waals surface area (Å²) < 4.78 is 2.21. The van der Waals surface area contributed by atoms with Gasteiger partial charge in [-0.2, -0.15) is 0 Å². The van der Waals surface area contributed by atoms with E-state index in [1.165, 1.54) is 6.92 Å². The Balaban J connectivity index is 2.13. The number of nitrogens with one attached hydrogen (secondary N) is 1. The molecule has 0 spiro atoms. The molecule has 1 N–H and O–H groups in total. The third-order valence-corrected chi connectivity index (χ3v) is 5.47. The minimum Gasteiger partial charge on any atom is -0.345 e. The number of rotatable bonds is 3. The van der Waals surface area contributed by atoms with Crippen molar-refractivity contribution in [2.75, 3.05) is 0 Å². The van der Waals surface area contributed by atoms with E-state index in [4.69, 9.17) is 0 Å². The number of aromatic nitrogens is 1. The Morgan fingerprint density at radius 1 is 1.19 bits per heavy atom. The van der Waals surface area contributed by atoms with Gasteiger partial charge in [0.15, 0.2) is 5.43 Å². The van der Waals surface area contributed by atoms with Crippen molar-refractivity contribution in [2.45, 2.75) is 46.2 Å². The summed E-state index contributed by atoms with van der Waals surface area (Å²) in [4.78, 5) is 25.4. The Kier molecular flexibility index (Phi) is 4.14. The molecule has 0 fully saturated rings. The number of aryl methyl sites for hydroxylation is 1. The number of amides is 1. The average molecular weight is 360 g/mol. The molecule has 3 aromatic rings. The lowest BCUT2D eigenvalue weighted by Crippen LogP contribution is -2.29. The Hall–Kier alpha value is -2.88. The fraction of sp³-hybridized carbons (Fsp3) is 0.304. The Morgan fingerprint density at radius 2 is 1.93 bits per heavy atom. The topological polar surface area (TPSA) is 51.1 Å². The maximum Gasteiger partial charge on any atom is 0.217 e. The maximum atomic E-state index is 13.6. The Morgan fingerprint density at radius 3 is 2.59 bits per heavy atom.